The van der Waals surface area contributed by atoms with Gasteiger partial charge in [0.15, 0.2) is 0 Å². The number of likely N-dealkylation sites (N-methyl/N-ethyl adjacent to an activating group) is 2. The summed E-state index contributed by atoms with van der Waals surface area (Å²) >= 11 is 0. The zero-order valence-electron chi connectivity index (χ0n) is 40.8. The molecule has 1 heterocycles. The first-order valence-corrected chi connectivity index (χ1v) is 22.7. The minimum Gasteiger partial charge on any atom is -0.497 e. The number of esters is 1. The van der Waals surface area contributed by atoms with Gasteiger partial charge >= 0.3 is 5.97 Å². The van der Waals surface area contributed by atoms with E-state index in [0.29, 0.717) is 42.9 Å². The SMILES string of the molecule is CC[C@H](C)[C@@H]([C@@H](CC(=O)N1CCC[C@H]1[C@H](OC)[C@@H](C)C(=O)N[C@@H](Cc1ccccc1)C(=O)OCc1ccc(OC)cc1OC)OC)N(C)C(=O)[C@@H](NC(=O)[C@H](C(C)C)N(C)C)C(C)C. The van der Waals surface area contributed by atoms with E-state index >= 15 is 0 Å². The summed E-state index contributed by atoms with van der Waals surface area (Å²) in [5.41, 5.74) is 1.47. The van der Waals surface area contributed by atoms with Crippen LogP contribution in [0.4, 0.5) is 0 Å². The Morgan fingerprint density at radius 3 is 2.05 bits per heavy atom. The van der Waals surface area contributed by atoms with Crippen LogP contribution in [0.3, 0.4) is 0 Å². The van der Waals surface area contributed by atoms with Crippen LogP contribution in [0.5, 0.6) is 11.5 Å². The van der Waals surface area contributed by atoms with E-state index in [1.54, 1.807) is 56.2 Å². The molecule has 2 aromatic carbocycles. The van der Waals surface area contributed by atoms with Crippen molar-refractivity contribution in [3.05, 3.63) is 59.7 Å². The summed E-state index contributed by atoms with van der Waals surface area (Å²) < 4.78 is 28.6. The van der Waals surface area contributed by atoms with Gasteiger partial charge in [-0.1, -0.05) is 85.2 Å². The molecule has 0 radical (unpaired) electrons. The number of amides is 4. The maximum Gasteiger partial charge on any atom is 0.329 e. The van der Waals surface area contributed by atoms with Gasteiger partial charge in [-0.15, -0.1) is 0 Å². The molecule has 0 unspecified atom stereocenters. The summed E-state index contributed by atoms with van der Waals surface area (Å²) in [6.45, 7) is 13.9. The predicted molar refractivity (Wildman–Crippen MR) is 247 cm³/mol. The Balaban J connectivity index is 1.81. The van der Waals surface area contributed by atoms with Crippen LogP contribution in [0, 0.1) is 23.7 Å². The molecule has 64 heavy (non-hydrogen) atoms. The van der Waals surface area contributed by atoms with Gasteiger partial charge in [0.1, 0.15) is 30.2 Å². The monoisotopic (exact) mass is 896 g/mol. The third-order valence-corrected chi connectivity index (χ3v) is 12.7. The molecule has 0 saturated carbocycles. The van der Waals surface area contributed by atoms with Crippen LogP contribution >= 0.6 is 0 Å². The fraction of sp³-hybridized carbons (Fsp3) is 0.653. The van der Waals surface area contributed by atoms with Crippen molar-refractivity contribution in [1.29, 1.82) is 0 Å². The lowest BCUT2D eigenvalue weighted by Gasteiger charge is -2.41. The van der Waals surface area contributed by atoms with Crippen molar-refractivity contribution < 1.29 is 47.7 Å². The van der Waals surface area contributed by atoms with Crippen molar-refractivity contribution in [3.63, 3.8) is 0 Å². The zero-order chi connectivity index (χ0) is 47.8. The topological polar surface area (TPSA) is 165 Å². The number of ether oxygens (including phenoxy) is 5. The van der Waals surface area contributed by atoms with E-state index in [2.05, 4.69) is 10.6 Å². The minimum absolute atomic E-state index is 0.0185. The smallest absolute Gasteiger partial charge is 0.329 e. The summed E-state index contributed by atoms with van der Waals surface area (Å²) in [5.74, 6) is -1.60. The molecule has 1 saturated heterocycles. The highest BCUT2D eigenvalue weighted by Crippen LogP contribution is 2.30. The normalized spacial score (nSPS) is 17.8. The molecule has 1 fully saturated rings. The summed E-state index contributed by atoms with van der Waals surface area (Å²) in [6, 6.07) is 11.4. The molecule has 3 rings (SSSR count). The number of hydrogen-bond acceptors (Lipinski definition) is 11. The Bertz CT molecular complexity index is 1800. The van der Waals surface area contributed by atoms with Gasteiger partial charge in [0.25, 0.3) is 0 Å². The molecule has 2 N–H and O–H groups in total. The molecule has 15 heteroatoms. The van der Waals surface area contributed by atoms with Crippen molar-refractivity contribution in [2.75, 3.05) is 56.1 Å². The van der Waals surface area contributed by atoms with E-state index in [-0.39, 0.29) is 54.9 Å². The molecule has 0 bridgehead atoms. The number of likely N-dealkylation sites (tertiary alicyclic amines) is 1. The average Bonchev–Trinajstić information content (AvgIpc) is 3.76. The molecule has 9 atom stereocenters. The molecular formula is C49H77N5O10. The lowest BCUT2D eigenvalue weighted by Crippen LogP contribution is -2.59. The van der Waals surface area contributed by atoms with E-state index in [1.807, 2.05) is 90.9 Å². The second-order valence-corrected chi connectivity index (χ2v) is 18.0. The molecule has 358 valence electrons. The highest BCUT2D eigenvalue weighted by Gasteiger charge is 2.43. The molecule has 0 spiro atoms. The molecule has 4 amide bonds. The van der Waals surface area contributed by atoms with Crippen LogP contribution in [0.25, 0.3) is 0 Å². The Morgan fingerprint density at radius 2 is 1.50 bits per heavy atom. The van der Waals surface area contributed by atoms with Crippen molar-refractivity contribution >= 4 is 29.6 Å². The average molecular weight is 896 g/mol. The van der Waals surface area contributed by atoms with Crippen LogP contribution in [-0.2, 0) is 51.2 Å². The van der Waals surface area contributed by atoms with Gasteiger partial charge in [0.2, 0.25) is 23.6 Å². The molecule has 2 aromatic rings. The zero-order valence-corrected chi connectivity index (χ0v) is 40.8. The predicted octanol–water partition coefficient (Wildman–Crippen LogP) is 5.12. The van der Waals surface area contributed by atoms with Gasteiger partial charge in [-0.25, -0.2) is 4.79 Å². The summed E-state index contributed by atoms with van der Waals surface area (Å²) in [6.07, 6.45) is 0.815. The first kappa shape index (κ1) is 53.6. The van der Waals surface area contributed by atoms with Crippen LogP contribution < -0.4 is 20.1 Å². The van der Waals surface area contributed by atoms with Crippen molar-refractivity contribution in [2.45, 2.75) is 130 Å². The number of hydrogen-bond donors (Lipinski definition) is 2. The molecule has 1 aliphatic rings. The number of methoxy groups -OCH3 is 4. The fourth-order valence-corrected chi connectivity index (χ4v) is 8.98. The van der Waals surface area contributed by atoms with Gasteiger partial charge in [0, 0.05) is 45.9 Å². The van der Waals surface area contributed by atoms with E-state index in [4.69, 9.17) is 23.7 Å². The van der Waals surface area contributed by atoms with Crippen molar-refractivity contribution in [2.24, 2.45) is 23.7 Å². The fourth-order valence-electron chi connectivity index (χ4n) is 8.98. The van der Waals surface area contributed by atoms with Gasteiger partial charge in [-0.2, -0.15) is 0 Å². The second kappa shape index (κ2) is 25.7. The second-order valence-electron chi connectivity index (χ2n) is 18.0. The van der Waals surface area contributed by atoms with Gasteiger partial charge in [-0.05, 0) is 62.4 Å². The number of nitrogens with one attached hydrogen (secondary N) is 2. The van der Waals surface area contributed by atoms with E-state index in [9.17, 15) is 24.0 Å². The number of nitrogens with zero attached hydrogens (tertiary/aromatic N) is 3. The maximum absolute atomic E-state index is 14.4. The van der Waals surface area contributed by atoms with E-state index in [1.165, 1.54) is 14.2 Å². The Hall–Kier alpha value is -4.73. The highest BCUT2D eigenvalue weighted by molar-refractivity contribution is 5.90. The lowest BCUT2D eigenvalue weighted by molar-refractivity contribution is -0.151. The van der Waals surface area contributed by atoms with Crippen molar-refractivity contribution in [3.8, 4) is 11.5 Å². The van der Waals surface area contributed by atoms with Gasteiger partial charge in [-0.3, -0.25) is 24.1 Å². The van der Waals surface area contributed by atoms with Gasteiger partial charge in [0.05, 0.1) is 56.9 Å². The highest BCUT2D eigenvalue weighted by atomic mass is 16.5. The maximum atomic E-state index is 14.4. The summed E-state index contributed by atoms with van der Waals surface area (Å²) in [5, 5.41) is 5.98. The van der Waals surface area contributed by atoms with Gasteiger partial charge < -0.3 is 44.1 Å². The minimum atomic E-state index is -1.02. The Morgan fingerprint density at radius 1 is 0.828 bits per heavy atom. The molecule has 0 aromatic heterocycles. The van der Waals surface area contributed by atoms with Crippen LogP contribution in [0.1, 0.15) is 85.3 Å². The molecular weight excluding hydrogens is 819 g/mol. The summed E-state index contributed by atoms with van der Waals surface area (Å²) in [7, 11) is 11.6. The quantitative estimate of drug-likeness (QED) is 0.127. The Labute approximate surface area is 382 Å². The van der Waals surface area contributed by atoms with Crippen LogP contribution in [0.15, 0.2) is 48.5 Å². The largest absolute Gasteiger partial charge is 0.497 e. The van der Waals surface area contributed by atoms with E-state index < -0.39 is 60.2 Å². The lowest BCUT2D eigenvalue weighted by atomic mass is 9.89. The standard InChI is InChI=1S/C49H77N5O10/c1-15-32(6)44(53(10)48(58)42(30(2)3)51-47(57)43(31(4)5)52(8)9)40(62-13)28-41(55)54-25-19-22-38(54)45(63-14)33(7)46(56)50-37(26-34-20-17-16-18-21-34)49(59)64-29-35-23-24-36(60-11)27-39(35)61-12/h16-18,20-21,23-24,27,30-33,37-38,40,42-45H,15,19,22,25-26,28-29H2,1-14H3,(H,50,56)(H,51,57)/t32-,33+,37-,38-,40+,42-,43-,44-,45+/m0/s1. The molecule has 15 nitrogen and oxygen atoms in total. The third kappa shape index (κ3) is 14.1. The van der Waals surface area contributed by atoms with Crippen LogP contribution in [-0.4, -0.2) is 143 Å². The molecule has 1 aliphatic heterocycles. The third-order valence-electron chi connectivity index (χ3n) is 12.7. The number of benzene rings is 2. The number of carbonyl (C=O) groups is 5. The first-order chi connectivity index (χ1) is 30.3. The summed E-state index contributed by atoms with van der Waals surface area (Å²) in [4.78, 5) is 75.4. The number of rotatable bonds is 25. The van der Waals surface area contributed by atoms with Crippen LogP contribution in [0.2, 0.25) is 0 Å². The molecule has 0 aliphatic carbocycles. The van der Waals surface area contributed by atoms with Crippen molar-refractivity contribution in [1.82, 2.24) is 25.3 Å². The first-order valence-electron chi connectivity index (χ1n) is 22.7. The number of carbonyl (C=O) groups excluding carboxylic acids is 5. The Kier molecular flexibility index (Phi) is 21.5. The van der Waals surface area contributed by atoms with E-state index in [0.717, 1.165) is 5.56 Å².